The van der Waals surface area contributed by atoms with E-state index in [0.29, 0.717) is 44.5 Å². The number of carbonyl (C=O) groups excluding carboxylic acids is 2. The fourth-order valence-electron chi connectivity index (χ4n) is 3.73. The minimum absolute atomic E-state index is 0.00497. The lowest BCUT2D eigenvalue weighted by molar-refractivity contribution is -0.141. The van der Waals surface area contributed by atoms with E-state index in [2.05, 4.69) is 11.4 Å². The van der Waals surface area contributed by atoms with Gasteiger partial charge in [0.1, 0.15) is 11.5 Å². The van der Waals surface area contributed by atoms with E-state index in [9.17, 15) is 9.59 Å². The van der Waals surface area contributed by atoms with Gasteiger partial charge in [-0.05, 0) is 49.1 Å². The van der Waals surface area contributed by atoms with Crippen LogP contribution in [0.4, 0.5) is 0 Å². The lowest BCUT2D eigenvalue weighted by atomic mass is 10.2. The number of rotatable bonds is 7. The number of carbonyl (C=O) groups is 2. The molecule has 2 unspecified atom stereocenters. The van der Waals surface area contributed by atoms with Gasteiger partial charge >= 0.3 is 0 Å². The van der Waals surface area contributed by atoms with Crippen molar-refractivity contribution in [3.05, 3.63) is 46.7 Å². The van der Waals surface area contributed by atoms with Gasteiger partial charge in [-0.1, -0.05) is 6.07 Å². The number of nitrogens with zero attached hydrogens (tertiary/aromatic N) is 2. The van der Waals surface area contributed by atoms with Crippen LogP contribution < -0.4 is 9.47 Å². The average Bonchev–Trinajstić information content (AvgIpc) is 3.37. The Morgan fingerprint density at radius 3 is 2.28 bits per heavy atom. The summed E-state index contributed by atoms with van der Waals surface area (Å²) in [5.41, 5.74) is 0. The predicted molar refractivity (Wildman–Crippen MR) is 111 cm³/mol. The van der Waals surface area contributed by atoms with Crippen LogP contribution in [0, 0.1) is 5.92 Å². The van der Waals surface area contributed by atoms with E-state index in [1.165, 1.54) is 4.88 Å². The van der Waals surface area contributed by atoms with Crippen LogP contribution in [-0.4, -0.2) is 61.0 Å². The highest BCUT2D eigenvalue weighted by atomic mass is 32.1. The number of hydrogen-bond acceptors (Lipinski definition) is 5. The molecule has 6 nitrogen and oxygen atoms in total. The van der Waals surface area contributed by atoms with Gasteiger partial charge in [-0.15, -0.1) is 11.3 Å². The van der Waals surface area contributed by atoms with E-state index in [0.717, 1.165) is 12.2 Å². The summed E-state index contributed by atoms with van der Waals surface area (Å²) >= 11 is 1.73. The van der Waals surface area contributed by atoms with Gasteiger partial charge in [0.15, 0.2) is 6.61 Å². The Balaban J connectivity index is 1.20. The monoisotopic (exact) mass is 414 g/mol. The maximum atomic E-state index is 12.7. The zero-order valence-corrected chi connectivity index (χ0v) is 17.4. The molecule has 0 N–H and O–H groups in total. The molecule has 2 fully saturated rings. The Morgan fingerprint density at radius 1 is 1.00 bits per heavy atom. The first-order chi connectivity index (χ1) is 14.2. The molecule has 1 aromatic heterocycles. The third-order valence-electron chi connectivity index (χ3n) is 5.46. The van der Waals surface area contributed by atoms with Crippen molar-refractivity contribution in [1.82, 2.24) is 9.80 Å². The number of amides is 2. The molecule has 1 saturated carbocycles. The maximum Gasteiger partial charge on any atom is 0.260 e. The summed E-state index contributed by atoms with van der Waals surface area (Å²) < 4.78 is 11.0. The summed E-state index contributed by atoms with van der Waals surface area (Å²) in [6, 6.07) is 11.4. The smallest absolute Gasteiger partial charge is 0.260 e. The van der Waals surface area contributed by atoms with Gasteiger partial charge in [0.05, 0.1) is 6.61 Å². The molecule has 2 heterocycles. The SMILES string of the molecule is CCOc1ccc(OCC(=O)N2CCN(C(=O)C3CC3c3cccs3)CC2)cc1. The van der Waals surface area contributed by atoms with Crippen molar-refractivity contribution in [2.24, 2.45) is 5.92 Å². The van der Waals surface area contributed by atoms with Crippen molar-refractivity contribution in [3.8, 4) is 11.5 Å². The molecule has 1 aliphatic heterocycles. The van der Waals surface area contributed by atoms with Crippen LogP contribution in [-0.2, 0) is 9.59 Å². The second-order valence-corrected chi connectivity index (χ2v) is 8.34. The molecule has 0 radical (unpaired) electrons. The Kier molecular flexibility index (Phi) is 6.04. The lowest BCUT2D eigenvalue weighted by Gasteiger charge is -2.35. The van der Waals surface area contributed by atoms with Gasteiger partial charge < -0.3 is 19.3 Å². The summed E-state index contributed by atoms with van der Waals surface area (Å²) in [6.07, 6.45) is 0.953. The standard InChI is InChI=1S/C22H26N2O4S/c1-2-27-16-5-7-17(8-6-16)28-15-21(25)23-9-11-24(12-10-23)22(26)19-14-18(19)20-4-3-13-29-20/h3-8,13,18-19H,2,9-12,14-15H2,1H3. The minimum atomic E-state index is -0.0473. The number of thiophene rings is 1. The second kappa shape index (κ2) is 8.86. The minimum Gasteiger partial charge on any atom is -0.494 e. The van der Waals surface area contributed by atoms with Crippen LogP contribution in [0.25, 0.3) is 0 Å². The summed E-state index contributed by atoms with van der Waals surface area (Å²) in [7, 11) is 0. The number of piperazine rings is 1. The highest BCUT2D eigenvalue weighted by Gasteiger charge is 2.46. The van der Waals surface area contributed by atoms with Gasteiger partial charge in [0, 0.05) is 42.9 Å². The van der Waals surface area contributed by atoms with Crippen LogP contribution in [0.1, 0.15) is 24.1 Å². The Labute approximate surface area is 175 Å². The molecule has 154 valence electrons. The Morgan fingerprint density at radius 2 is 1.66 bits per heavy atom. The molecule has 1 aliphatic carbocycles. The van der Waals surface area contributed by atoms with E-state index in [1.54, 1.807) is 28.4 Å². The van der Waals surface area contributed by atoms with Gasteiger partial charge in [0.2, 0.25) is 5.91 Å². The predicted octanol–water partition coefficient (Wildman–Crippen LogP) is 3.00. The molecule has 29 heavy (non-hydrogen) atoms. The summed E-state index contributed by atoms with van der Waals surface area (Å²) in [5, 5.41) is 2.06. The molecule has 2 aromatic rings. The van der Waals surface area contributed by atoms with E-state index < -0.39 is 0 Å². The van der Waals surface area contributed by atoms with Crippen molar-refractivity contribution in [3.63, 3.8) is 0 Å². The molecule has 4 rings (SSSR count). The highest BCUT2D eigenvalue weighted by Crippen LogP contribution is 2.50. The van der Waals surface area contributed by atoms with Crippen molar-refractivity contribution in [2.45, 2.75) is 19.3 Å². The van der Waals surface area contributed by atoms with Gasteiger partial charge in [-0.3, -0.25) is 9.59 Å². The molecule has 2 aliphatic rings. The van der Waals surface area contributed by atoms with Crippen LogP contribution in [0.15, 0.2) is 41.8 Å². The maximum absolute atomic E-state index is 12.7. The van der Waals surface area contributed by atoms with Crippen molar-refractivity contribution >= 4 is 23.2 Å². The molecular formula is C22H26N2O4S. The molecule has 2 atom stereocenters. The fourth-order valence-corrected chi connectivity index (χ4v) is 4.64. The van der Waals surface area contributed by atoms with Crippen LogP contribution in [0.3, 0.4) is 0 Å². The van der Waals surface area contributed by atoms with Crippen LogP contribution in [0.5, 0.6) is 11.5 Å². The van der Waals surface area contributed by atoms with Gasteiger partial charge in [-0.25, -0.2) is 0 Å². The number of benzene rings is 1. The van der Waals surface area contributed by atoms with Crippen LogP contribution >= 0.6 is 11.3 Å². The lowest BCUT2D eigenvalue weighted by Crippen LogP contribution is -2.52. The quantitative estimate of drug-likeness (QED) is 0.699. The molecule has 1 aromatic carbocycles. The second-order valence-electron chi connectivity index (χ2n) is 7.36. The number of hydrogen-bond donors (Lipinski definition) is 0. The first-order valence-electron chi connectivity index (χ1n) is 10.1. The Bertz CT molecular complexity index is 829. The molecule has 7 heteroatoms. The van der Waals surface area contributed by atoms with E-state index in [4.69, 9.17) is 9.47 Å². The summed E-state index contributed by atoms with van der Waals surface area (Å²) in [5.74, 6) is 2.13. The zero-order chi connectivity index (χ0) is 20.2. The van der Waals surface area contributed by atoms with E-state index in [1.807, 2.05) is 30.0 Å². The zero-order valence-electron chi connectivity index (χ0n) is 16.6. The van der Waals surface area contributed by atoms with Gasteiger partial charge in [0.25, 0.3) is 5.91 Å². The van der Waals surface area contributed by atoms with E-state index >= 15 is 0 Å². The molecule has 1 saturated heterocycles. The van der Waals surface area contributed by atoms with Crippen molar-refractivity contribution in [2.75, 3.05) is 39.4 Å². The normalized spacial score (nSPS) is 21.0. The molecule has 0 bridgehead atoms. The highest BCUT2D eigenvalue weighted by molar-refractivity contribution is 7.10. The fraction of sp³-hybridized carbons (Fsp3) is 0.455. The van der Waals surface area contributed by atoms with Crippen molar-refractivity contribution < 1.29 is 19.1 Å². The first-order valence-corrected chi connectivity index (χ1v) is 11.0. The van der Waals surface area contributed by atoms with E-state index in [-0.39, 0.29) is 24.3 Å². The summed E-state index contributed by atoms with van der Waals surface area (Å²) in [4.78, 5) is 30.2. The molecular weight excluding hydrogens is 388 g/mol. The number of ether oxygens (including phenoxy) is 2. The van der Waals surface area contributed by atoms with Gasteiger partial charge in [-0.2, -0.15) is 0 Å². The Hall–Kier alpha value is -2.54. The molecule has 0 spiro atoms. The largest absolute Gasteiger partial charge is 0.494 e. The topological polar surface area (TPSA) is 59.1 Å². The average molecular weight is 415 g/mol. The van der Waals surface area contributed by atoms with Crippen LogP contribution in [0.2, 0.25) is 0 Å². The summed E-state index contributed by atoms with van der Waals surface area (Å²) in [6.45, 7) is 4.88. The third-order valence-corrected chi connectivity index (χ3v) is 6.46. The molecule has 2 amide bonds. The van der Waals surface area contributed by atoms with Crippen molar-refractivity contribution in [1.29, 1.82) is 0 Å². The first kappa shape index (κ1) is 19.8. The third kappa shape index (κ3) is 4.72.